The molecule has 0 bridgehead atoms. The molecule has 102 valence electrons. The van der Waals surface area contributed by atoms with E-state index in [4.69, 9.17) is 16.0 Å². The monoisotopic (exact) mass is 292 g/mol. The molecule has 7 heteroatoms. The zero-order valence-electron chi connectivity index (χ0n) is 9.91. The van der Waals surface area contributed by atoms with Crippen molar-refractivity contribution in [1.82, 2.24) is 0 Å². The first-order chi connectivity index (χ1) is 9.47. The lowest BCUT2D eigenvalue weighted by molar-refractivity contribution is -0.384. The lowest BCUT2D eigenvalue weighted by Crippen LogP contribution is -2.18. The van der Waals surface area contributed by atoms with Crippen LogP contribution in [0.1, 0.15) is 5.76 Å². The summed E-state index contributed by atoms with van der Waals surface area (Å²) in [7, 11) is 0. The largest absolute Gasteiger partial charge is 0.545 e. The van der Waals surface area contributed by atoms with Gasteiger partial charge in [0.1, 0.15) is 11.5 Å². The molecular formula is C13H7ClNO5-. The van der Waals surface area contributed by atoms with Gasteiger partial charge in [-0.1, -0.05) is 11.6 Å². The van der Waals surface area contributed by atoms with Gasteiger partial charge in [-0.25, -0.2) is 0 Å². The molecule has 0 saturated heterocycles. The van der Waals surface area contributed by atoms with E-state index in [-0.39, 0.29) is 10.7 Å². The molecule has 2 aromatic rings. The Morgan fingerprint density at radius 2 is 2.05 bits per heavy atom. The van der Waals surface area contributed by atoms with E-state index >= 15 is 0 Å². The van der Waals surface area contributed by atoms with Crippen LogP contribution in [0.15, 0.2) is 40.8 Å². The number of benzene rings is 1. The van der Waals surface area contributed by atoms with Crippen LogP contribution in [0.3, 0.4) is 0 Å². The van der Waals surface area contributed by atoms with E-state index in [0.717, 1.165) is 6.08 Å². The molecule has 0 aliphatic heterocycles. The van der Waals surface area contributed by atoms with Crippen LogP contribution in [0.25, 0.3) is 17.4 Å². The summed E-state index contributed by atoms with van der Waals surface area (Å²) in [5.74, 6) is -0.655. The van der Waals surface area contributed by atoms with Crippen LogP contribution < -0.4 is 5.11 Å². The fourth-order valence-corrected chi connectivity index (χ4v) is 1.82. The molecule has 6 nitrogen and oxygen atoms in total. The number of hydrogen-bond donors (Lipinski definition) is 0. The molecular weight excluding hydrogens is 286 g/mol. The average Bonchev–Trinajstić information content (AvgIpc) is 2.84. The third-order valence-corrected chi connectivity index (χ3v) is 2.75. The molecule has 0 aliphatic rings. The number of nitro benzene ring substituents is 1. The van der Waals surface area contributed by atoms with Crippen LogP contribution in [0.4, 0.5) is 5.69 Å². The molecule has 0 radical (unpaired) electrons. The quantitative estimate of drug-likeness (QED) is 0.489. The van der Waals surface area contributed by atoms with Gasteiger partial charge in [-0.3, -0.25) is 10.1 Å². The molecule has 0 spiro atoms. The van der Waals surface area contributed by atoms with E-state index in [1.807, 2.05) is 0 Å². The van der Waals surface area contributed by atoms with E-state index < -0.39 is 10.9 Å². The van der Waals surface area contributed by atoms with Crippen LogP contribution in [-0.4, -0.2) is 10.9 Å². The molecule has 1 aromatic carbocycles. The van der Waals surface area contributed by atoms with E-state index in [1.54, 1.807) is 12.1 Å². The zero-order chi connectivity index (χ0) is 14.7. The van der Waals surface area contributed by atoms with Crippen molar-refractivity contribution in [1.29, 1.82) is 0 Å². The van der Waals surface area contributed by atoms with Gasteiger partial charge < -0.3 is 14.3 Å². The number of furan rings is 1. The van der Waals surface area contributed by atoms with Crippen molar-refractivity contribution in [2.75, 3.05) is 0 Å². The van der Waals surface area contributed by atoms with Crippen molar-refractivity contribution >= 4 is 29.3 Å². The highest BCUT2D eigenvalue weighted by molar-refractivity contribution is 6.33. The highest BCUT2D eigenvalue weighted by Crippen LogP contribution is 2.32. The summed E-state index contributed by atoms with van der Waals surface area (Å²) in [6.45, 7) is 0. The van der Waals surface area contributed by atoms with Crippen molar-refractivity contribution < 1.29 is 19.2 Å². The Labute approximate surface area is 118 Å². The second-order valence-electron chi connectivity index (χ2n) is 3.78. The van der Waals surface area contributed by atoms with E-state index in [2.05, 4.69) is 0 Å². The van der Waals surface area contributed by atoms with Crippen LogP contribution in [0.5, 0.6) is 0 Å². The number of carboxylic acid groups (broad SMARTS) is 1. The number of nitrogens with zero attached hydrogens (tertiary/aromatic N) is 1. The molecule has 0 fully saturated rings. The van der Waals surface area contributed by atoms with E-state index in [1.165, 1.54) is 24.3 Å². The minimum Gasteiger partial charge on any atom is -0.545 e. The van der Waals surface area contributed by atoms with Gasteiger partial charge in [-0.2, -0.15) is 0 Å². The lowest BCUT2D eigenvalue weighted by atomic mass is 10.1. The van der Waals surface area contributed by atoms with Crippen molar-refractivity contribution in [2.45, 2.75) is 0 Å². The number of halogens is 1. The summed E-state index contributed by atoms with van der Waals surface area (Å²) in [5.41, 5.74) is 0.354. The molecule has 1 heterocycles. The third kappa shape index (κ3) is 3.04. The van der Waals surface area contributed by atoms with Gasteiger partial charge in [-0.15, -0.1) is 0 Å². The van der Waals surface area contributed by atoms with Gasteiger partial charge in [0.25, 0.3) is 5.69 Å². The van der Waals surface area contributed by atoms with Crippen LogP contribution in [0.2, 0.25) is 5.02 Å². The standard InChI is InChI=1S/C13H8ClNO5/c14-11-7-8(15(18)19)1-4-10(11)12-5-2-9(20-12)3-6-13(16)17/h1-7H,(H,16,17)/p-1/b6-3+. The molecule has 0 atom stereocenters. The Morgan fingerprint density at radius 1 is 1.30 bits per heavy atom. The summed E-state index contributed by atoms with van der Waals surface area (Å²) in [6.07, 6.45) is 2.07. The summed E-state index contributed by atoms with van der Waals surface area (Å²) in [6, 6.07) is 7.12. The van der Waals surface area contributed by atoms with Gasteiger partial charge >= 0.3 is 0 Å². The van der Waals surface area contributed by atoms with Crippen LogP contribution in [0, 0.1) is 10.1 Å². The summed E-state index contributed by atoms with van der Waals surface area (Å²) >= 11 is 5.96. The first-order valence-corrected chi connectivity index (χ1v) is 5.78. The predicted molar refractivity (Wildman–Crippen MR) is 69.8 cm³/mol. The number of rotatable bonds is 4. The Morgan fingerprint density at radius 3 is 2.65 bits per heavy atom. The first-order valence-electron chi connectivity index (χ1n) is 5.40. The first kappa shape index (κ1) is 13.8. The van der Waals surface area contributed by atoms with Crippen molar-refractivity contribution in [3.05, 3.63) is 57.3 Å². The lowest BCUT2D eigenvalue weighted by Gasteiger charge is -2.00. The molecule has 0 saturated carbocycles. The fourth-order valence-electron chi connectivity index (χ4n) is 1.55. The third-order valence-electron chi connectivity index (χ3n) is 2.44. The SMILES string of the molecule is O=C([O-])/C=C/c1ccc(-c2ccc([N+](=O)[O-])cc2Cl)o1. The molecule has 0 N–H and O–H groups in total. The van der Waals surface area contributed by atoms with Gasteiger partial charge in [0.05, 0.1) is 15.9 Å². The Bertz CT molecular complexity index is 705. The number of carbonyl (C=O) groups excluding carboxylic acids is 1. The zero-order valence-corrected chi connectivity index (χ0v) is 10.7. The number of carboxylic acids is 1. The normalized spacial score (nSPS) is 10.8. The van der Waals surface area contributed by atoms with Crippen LogP contribution >= 0.6 is 11.6 Å². The number of aliphatic carboxylic acids is 1. The highest BCUT2D eigenvalue weighted by atomic mass is 35.5. The second-order valence-corrected chi connectivity index (χ2v) is 4.18. The second kappa shape index (κ2) is 5.58. The maximum absolute atomic E-state index is 10.6. The highest BCUT2D eigenvalue weighted by Gasteiger charge is 2.12. The minimum absolute atomic E-state index is 0.123. The fraction of sp³-hybridized carbons (Fsp3) is 0. The summed E-state index contributed by atoms with van der Waals surface area (Å²) < 4.78 is 5.37. The predicted octanol–water partition coefficient (Wildman–Crippen LogP) is 2.27. The molecule has 0 unspecified atom stereocenters. The van der Waals surface area contributed by atoms with Crippen molar-refractivity contribution in [3.63, 3.8) is 0 Å². The smallest absolute Gasteiger partial charge is 0.270 e. The molecule has 20 heavy (non-hydrogen) atoms. The Hall–Kier alpha value is -2.60. The maximum atomic E-state index is 10.6. The van der Waals surface area contributed by atoms with Crippen molar-refractivity contribution in [2.24, 2.45) is 0 Å². The molecule has 1 aromatic heterocycles. The number of non-ortho nitro benzene ring substituents is 1. The van der Waals surface area contributed by atoms with Crippen molar-refractivity contribution in [3.8, 4) is 11.3 Å². The summed E-state index contributed by atoms with van der Waals surface area (Å²) in [4.78, 5) is 20.3. The molecule has 0 aliphatic carbocycles. The van der Waals surface area contributed by atoms with Gasteiger partial charge in [-0.05, 0) is 30.4 Å². The Kier molecular flexibility index (Phi) is 3.86. The number of hydrogen-bond acceptors (Lipinski definition) is 5. The van der Waals surface area contributed by atoms with E-state index in [0.29, 0.717) is 17.1 Å². The summed E-state index contributed by atoms with van der Waals surface area (Å²) in [5, 5.41) is 21.1. The number of nitro groups is 1. The van der Waals surface area contributed by atoms with Gasteiger partial charge in [0, 0.05) is 17.7 Å². The van der Waals surface area contributed by atoms with Crippen LogP contribution in [-0.2, 0) is 4.79 Å². The number of carbonyl (C=O) groups is 1. The maximum Gasteiger partial charge on any atom is 0.270 e. The van der Waals surface area contributed by atoms with E-state index in [9.17, 15) is 20.0 Å². The average molecular weight is 293 g/mol. The van der Waals surface area contributed by atoms with Gasteiger partial charge in [0.2, 0.25) is 0 Å². The Balaban J connectivity index is 2.33. The topological polar surface area (TPSA) is 96.4 Å². The molecule has 0 amide bonds. The van der Waals surface area contributed by atoms with Gasteiger partial charge in [0.15, 0.2) is 0 Å². The minimum atomic E-state index is -1.34. The molecule has 2 rings (SSSR count).